The summed E-state index contributed by atoms with van der Waals surface area (Å²) in [5, 5.41) is 17.2. The summed E-state index contributed by atoms with van der Waals surface area (Å²) in [6.45, 7) is 7.08. The van der Waals surface area contributed by atoms with Crippen LogP contribution in [0.15, 0.2) is 14.4 Å². The predicted octanol–water partition coefficient (Wildman–Crippen LogP) is 0.0887. The van der Waals surface area contributed by atoms with Crippen molar-refractivity contribution in [1.29, 1.82) is 10.5 Å². The molecule has 0 saturated heterocycles. The molecule has 1 aromatic heterocycles. The summed E-state index contributed by atoms with van der Waals surface area (Å²) in [6, 6.07) is 3.88. The van der Waals surface area contributed by atoms with Gasteiger partial charge in [-0.05, 0) is 12.8 Å². The Labute approximate surface area is 138 Å². The van der Waals surface area contributed by atoms with Crippen molar-refractivity contribution in [2.24, 2.45) is 0 Å². The fourth-order valence-corrected chi connectivity index (χ4v) is 2.20. The van der Waals surface area contributed by atoms with Crippen molar-refractivity contribution in [3.8, 4) is 12.1 Å². The van der Waals surface area contributed by atoms with E-state index in [2.05, 4.69) is 4.85 Å². The van der Waals surface area contributed by atoms with E-state index in [0.717, 1.165) is 13.7 Å². The van der Waals surface area contributed by atoms with E-state index >= 15 is 0 Å². The van der Waals surface area contributed by atoms with Crippen molar-refractivity contribution in [3.63, 3.8) is 0 Å². The Hall–Kier alpha value is -3.12. The first-order chi connectivity index (χ1) is 11.6. The van der Waals surface area contributed by atoms with Crippen LogP contribution in [0.1, 0.15) is 32.1 Å². The monoisotopic (exact) mass is 330 g/mol. The van der Waals surface area contributed by atoms with Crippen LogP contribution in [0, 0.1) is 29.2 Å². The SMILES string of the molecule is [C-]#[N+]CCCn1c(=O)n(CCCC#N)c(=O)n(CCCC#N)c1=O. The Balaban J connectivity index is 3.31. The fraction of sp³-hybridized carbons (Fsp3) is 0.600. The molecule has 24 heavy (non-hydrogen) atoms. The Morgan fingerprint density at radius 2 is 1.17 bits per heavy atom. The molecule has 0 spiro atoms. The lowest BCUT2D eigenvalue weighted by Gasteiger charge is -2.12. The van der Waals surface area contributed by atoms with Crippen LogP contribution in [0.3, 0.4) is 0 Å². The van der Waals surface area contributed by atoms with Crippen molar-refractivity contribution in [3.05, 3.63) is 42.9 Å². The van der Waals surface area contributed by atoms with Gasteiger partial charge < -0.3 is 4.85 Å². The third kappa shape index (κ3) is 4.69. The molecule has 0 bridgehead atoms. The largest absolute Gasteiger partial charge is 0.336 e. The van der Waals surface area contributed by atoms with E-state index in [0.29, 0.717) is 19.3 Å². The van der Waals surface area contributed by atoms with Crippen molar-refractivity contribution in [2.45, 2.75) is 51.7 Å². The summed E-state index contributed by atoms with van der Waals surface area (Å²) >= 11 is 0. The van der Waals surface area contributed by atoms with Crippen molar-refractivity contribution < 1.29 is 0 Å². The Kier molecular flexibility index (Phi) is 7.73. The van der Waals surface area contributed by atoms with Crippen LogP contribution in [-0.4, -0.2) is 20.2 Å². The third-order valence-electron chi connectivity index (χ3n) is 3.38. The second-order valence-corrected chi connectivity index (χ2v) is 5.06. The number of nitriles is 2. The third-order valence-corrected chi connectivity index (χ3v) is 3.38. The van der Waals surface area contributed by atoms with Crippen LogP contribution in [0.5, 0.6) is 0 Å². The van der Waals surface area contributed by atoms with E-state index in [1.807, 2.05) is 12.1 Å². The van der Waals surface area contributed by atoms with E-state index in [1.165, 1.54) is 0 Å². The van der Waals surface area contributed by atoms with Crippen LogP contribution in [0.25, 0.3) is 4.85 Å². The van der Waals surface area contributed by atoms with Gasteiger partial charge in [-0.25, -0.2) is 34.7 Å². The summed E-state index contributed by atoms with van der Waals surface area (Å²) < 4.78 is 2.84. The molecule has 0 N–H and O–H groups in total. The van der Waals surface area contributed by atoms with E-state index < -0.39 is 17.1 Å². The Morgan fingerprint density at radius 3 is 1.50 bits per heavy atom. The molecule has 0 fully saturated rings. The zero-order valence-electron chi connectivity index (χ0n) is 13.3. The minimum absolute atomic E-state index is 0.0482. The fourth-order valence-electron chi connectivity index (χ4n) is 2.20. The van der Waals surface area contributed by atoms with E-state index in [-0.39, 0.29) is 39.0 Å². The molecule has 0 aromatic carbocycles. The van der Waals surface area contributed by atoms with Gasteiger partial charge in [0.1, 0.15) is 0 Å². The molecule has 1 aromatic rings. The van der Waals surface area contributed by atoms with Gasteiger partial charge in [0.2, 0.25) is 6.54 Å². The van der Waals surface area contributed by atoms with Crippen LogP contribution >= 0.6 is 0 Å². The summed E-state index contributed by atoms with van der Waals surface area (Å²) in [5.74, 6) is 0. The van der Waals surface area contributed by atoms with Crippen LogP contribution < -0.4 is 17.1 Å². The minimum Gasteiger partial charge on any atom is -0.317 e. The molecule has 0 aliphatic carbocycles. The highest BCUT2D eigenvalue weighted by atomic mass is 16.2. The number of hydrogen-bond acceptors (Lipinski definition) is 5. The predicted molar refractivity (Wildman–Crippen MR) is 85.0 cm³/mol. The maximum Gasteiger partial charge on any atom is 0.336 e. The van der Waals surface area contributed by atoms with Crippen molar-refractivity contribution >= 4 is 0 Å². The topological polar surface area (TPSA) is 118 Å². The summed E-state index contributed by atoms with van der Waals surface area (Å²) in [5.41, 5.74) is -2.16. The van der Waals surface area contributed by atoms with Gasteiger partial charge in [-0.1, -0.05) is 0 Å². The van der Waals surface area contributed by atoms with E-state index in [9.17, 15) is 14.4 Å². The van der Waals surface area contributed by atoms with Gasteiger partial charge in [-0.2, -0.15) is 10.5 Å². The second-order valence-electron chi connectivity index (χ2n) is 5.06. The number of unbranched alkanes of at least 4 members (excludes halogenated alkanes) is 2. The van der Waals surface area contributed by atoms with Crippen LogP contribution in [0.4, 0.5) is 0 Å². The molecular weight excluding hydrogens is 312 g/mol. The molecule has 126 valence electrons. The average molecular weight is 330 g/mol. The highest BCUT2D eigenvalue weighted by Crippen LogP contribution is 1.92. The van der Waals surface area contributed by atoms with Gasteiger partial charge in [0.15, 0.2) is 0 Å². The standard InChI is InChI=1S/C15H18N6O3/c1-18-9-6-12-21-14(23)19(10-4-2-7-16)13(22)20(15(21)24)11-5-3-8-17/h2-6,9-12H2. The number of rotatable bonds is 9. The zero-order valence-corrected chi connectivity index (χ0v) is 13.3. The van der Waals surface area contributed by atoms with E-state index in [4.69, 9.17) is 17.1 Å². The van der Waals surface area contributed by atoms with Gasteiger partial charge >= 0.3 is 17.1 Å². The van der Waals surface area contributed by atoms with Crippen LogP contribution in [0.2, 0.25) is 0 Å². The van der Waals surface area contributed by atoms with Crippen molar-refractivity contribution in [2.75, 3.05) is 6.54 Å². The maximum atomic E-state index is 12.4. The first-order valence-electron chi connectivity index (χ1n) is 7.60. The average Bonchev–Trinajstić information content (AvgIpc) is 2.57. The first-order valence-corrected chi connectivity index (χ1v) is 7.60. The molecular formula is C15H18N6O3. The van der Waals surface area contributed by atoms with E-state index in [1.54, 1.807) is 0 Å². The van der Waals surface area contributed by atoms with Gasteiger partial charge in [0.05, 0.1) is 12.1 Å². The molecule has 0 atom stereocenters. The summed E-state index contributed by atoms with van der Waals surface area (Å²) in [7, 11) is 0. The molecule has 0 amide bonds. The molecule has 1 rings (SSSR count). The Morgan fingerprint density at radius 1 is 0.792 bits per heavy atom. The number of hydrogen-bond donors (Lipinski definition) is 0. The van der Waals surface area contributed by atoms with Gasteiger partial charge in [-0.3, -0.25) is 0 Å². The quantitative estimate of drug-likeness (QED) is 0.469. The number of aromatic nitrogens is 3. The highest BCUT2D eigenvalue weighted by Gasteiger charge is 2.15. The smallest absolute Gasteiger partial charge is 0.317 e. The lowest BCUT2D eigenvalue weighted by Crippen LogP contribution is -2.54. The minimum atomic E-state index is -0.720. The Bertz CT molecular complexity index is 712. The molecule has 1 heterocycles. The summed E-state index contributed by atoms with van der Waals surface area (Å²) in [6.07, 6.45) is 1.36. The number of nitrogens with zero attached hydrogens (tertiary/aromatic N) is 6. The molecule has 0 unspecified atom stereocenters. The molecule has 9 nitrogen and oxygen atoms in total. The molecule has 9 heteroatoms. The summed E-state index contributed by atoms with van der Waals surface area (Å²) in [4.78, 5) is 40.3. The maximum absolute atomic E-state index is 12.4. The van der Waals surface area contributed by atoms with Crippen molar-refractivity contribution in [1.82, 2.24) is 13.7 Å². The van der Waals surface area contributed by atoms with Gasteiger partial charge in [-0.15, -0.1) is 0 Å². The lowest BCUT2D eigenvalue weighted by molar-refractivity contribution is 0.432. The molecule has 0 aliphatic rings. The van der Waals surface area contributed by atoms with Crippen LogP contribution in [-0.2, 0) is 19.6 Å². The molecule has 0 aliphatic heterocycles. The molecule has 0 radical (unpaired) electrons. The lowest BCUT2D eigenvalue weighted by atomic mass is 10.3. The molecule has 0 saturated carbocycles. The van der Waals surface area contributed by atoms with Gasteiger partial charge in [0.25, 0.3) is 0 Å². The zero-order chi connectivity index (χ0) is 17.9. The normalized spacial score (nSPS) is 9.88. The van der Waals surface area contributed by atoms with Gasteiger partial charge in [0, 0.05) is 38.9 Å². The highest BCUT2D eigenvalue weighted by molar-refractivity contribution is 4.81. The first kappa shape index (κ1) is 18.9. The second kappa shape index (κ2) is 9.81.